The van der Waals surface area contributed by atoms with Crippen molar-refractivity contribution in [1.82, 2.24) is 10.2 Å². The molecule has 0 bridgehead atoms. The Labute approximate surface area is 192 Å². The molecule has 0 unspecified atom stereocenters. The SMILES string of the molecule is CCC(=O)c1ccc(C[C@@H](CNC(=O)C[C@@H](c2ccccc2)C(C)C)N(C)C)cc1Cl. The summed E-state index contributed by atoms with van der Waals surface area (Å²) in [6.07, 6.45) is 1.65. The van der Waals surface area contributed by atoms with E-state index in [2.05, 4.69) is 36.2 Å². The zero-order chi connectivity index (χ0) is 23.0. The van der Waals surface area contributed by atoms with Gasteiger partial charge in [-0.1, -0.05) is 68.8 Å². The summed E-state index contributed by atoms with van der Waals surface area (Å²) in [5.41, 5.74) is 2.83. The van der Waals surface area contributed by atoms with Gasteiger partial charge in [-0.25, -0.2) is 0 Å². The lowest BCUT2D eigenvalue weighted by molar-refractivity contribution is -0.121. The van der Waals surface area contributed by atoms with E-state index in [0.717, 1.165) is 12.0 Å². The minimum absolute atomic E-state index is 0.0473. The van der Waals surface area contributed by atoms with Gasteiger partial charge in [-0.05, 0) is 55.6 Å². The van der Waals surface area contributed by atoms with Crippen molar-refractivity contribution in [2.75, 3.05) is 20.6 Å². The molecule has 5 heteroatoms. The highest BCUT2D eigenvalue weighted by Crippen LogP contribution is 2.27. The van der Waals surface area contributed by atoms with Crippen LogP contribution >= 0.6 is 11.6 Å². The molecule has 0 radical (unpaired) electrons. The fourth-order valence-corrected chi connectivity index (χ4v) is 4.06. The summed E-state index contributed by atoms with van der Waals surface area (Å²) in [6, 6.07) is 16.0. The summed E-state index contributed by atoms with van der Waals surface area (Å²) in [5, 5.41) is 3.62. The van der Waals surface area contributed by atoms with E-state index in [1.165, 1.54) is 5.56 Å². The van der Waals surface area contributed by atoms with E-state index >= 15 is 0 Å². The Hall–Kier alpha value is -2.17. The van der Waals surface area contributed by atoms with Gasteiger partial charge in [0, 0.05) is 31.0 Å². The monoisotopic (exact) mass is 442 g/mol. The highest BCUT2D eigenvalue weighted by molar-refractivity contribution is 6.34. The van der Waals surface area contributed by atoms with E-state index in [1.54, 1.807) is 0 Å². The number of amides is 1. The van der Waals surface area contributed by atoms with Crippen LogP contribution in [0.3, 0.4) is 0 Å². The molecule has 0 aliphatic carbocycles. The topological polar surface area (TPSA) is 49.4 Å². The number of carbonyl (C=O) groups is 2. The Kier molecular flexibility index (Phi) is 9.73. The maximum Gasteiger partial charge on any atom is 0.220 e. The predicted molar refractivity (Wildman–Crippen MR) is 129 cm³/mol. The summed E-state index contributed by atoms with van der Waals surface area (Å²) in [5.74, 6) is 0.688. The van der Waals surface area contributed by atoms with Crippen molar-refractivity contribution in [1.29, 1.82) is 0 Å². The number of nitrogens with one attached hydrogen (secondary N) is 1. The molecule has 2 aromatic rings. The van der Waals surface area contributed by atoms with Crippen molar-refractivity contribution < 1.29 is 9.59 Å². The van der Waals surface area contributed by atoms with Gasteiger partial charge >= 0.3 is 0 Å². The van der Waals surface area contributed by atoms with Gasteiger partial charge < -0.3 is 10.2 Å². The molecule has 0 aliphatic rings. The van der Waals surface area contributed by atoms with Crippen LogP contribution in [0.2, 0.25) is 5.02 Å². The first-order chi connectivity index (χ1) is 14.7. The van der Waals surface area contributed by atoms with Gasteiger partial charge in [0.2, 0.25) is 5.91 Å². The Morgan fingerprint density at radius 3 is 2.29 bits per heavy atom. The van der Waals surface area contributed by atoms with Crippen LogP contribution in [0.4, 0.5) is 0 Å². The van der Waals surface area contributed by atoms with Crippen LogP contribution in [0.1, 0.15) is 61.0 Å². The maximum atomic E-state index is 12.7. The standard InChI is InChI=1S/C26H35ClN2O2/c1-6-25(30)22-13-12-19(15-24(22)27)14-21(29(4)5)17-28-26(31)16-23(18(2)3)20-10-8-7-9-11-20/h7-13,15,18,21,23H,6,14,16-17H2,1-5H3,(H,28,31)/t21-,23+/m0/s1. The van der Waals surface area contributed by atoms with Crippen LogP contribution in [-0.2, 0) is 11.2 Å². The van der Waals surface area contributed by atoms with Gasteiger partial charge in [0.15, 0.2) is 5.78 Å². The number of rotatable bonds is 11. The number of Topliss-reactive ketones (excluding diaryl/α,β-unsaturated/α-hetero) is 1. The van der Waals surface area contributed by atoms with Crippen molar-refractivity contribution >= 4 is 23.3 Å². The van der Waals surface area contributed by atoms with E-state index in [4.69, 9.17) is 11.6 Å². The summed E-state index contributed by atoms with van der Waals surface area (Å²) in [6.45, 7) is 6.70. The fourth-order valence-electron chi connectivity index (χ4n) is 3.75. The third-order valence-electron chi connectivity index (χ3n) is 5.83. The Bertz CT molecular complexity index is 865. The van der Waals surface area contributed by atoms with E-state index in [0.29, 0.717) is 35.9 Å². The third kappa shape index (κ3) is 7.48. The number of hydrogen-bond acceptors (Lipinski definition) is 3. The zero-order valence-electron chi connectivity index (χ0n) is 19.3. The van der Waals surface area contributed by atoms with Crippen molar-refractivity contribution in [3.05, 3.63) is 70.2 Å². The number of halogens is 1. The minimum atomic E-state index is 0.0473. The fraction of sp³-hybridized carbons (Fsp3) is 0.462. The number of benzene rings is 2. The van der Waals surface area contributed by atoms with Crippen molar-refractivity contribution in [2.24, 2.45) is 5.92 Å². The molecule has 31 heavy (non-hydrogen) atoms. The molecule has 0 saturated heterocycles. The highest BCUT2D eigenvalue weighted by atomic mass is 35.5. The zero-order valence-corrected chi connectivity index (χ0v) is 20.1. The van der Waals surface area contributed by atoms with Crippen LogP contribution in [0.25, 0.3) is 0 Å². The molecular formula is C26H35ClN2O2. The third-order valence-corrected chi connectivity index (χ3v) is 6.14. The average molecular weight is 443 g/mol. The number of hydrogen-bond donors (Lipinski definition) is 1. The van der Waals surface area contributed by atoms with Crippen LogP contribution in [0.5, 0.6) is 0 Å². The van der Waals surface area contributed by atoms with Crippen molar-refractivity contribution in [3.8, 4) is 0 Å². The van der Waals surface area contributed by atoms with Gasteiger partial charge in [-0.2, -0.15) is 0 Å². The second kappa shape index (κ2) is 12.0. The predicted octanol–water partition coefficient (Wildman–Crippen LogP) is 5.35. The summed E-state index contributed by atoms with van der Waals surface area (Å²) >= 11 is 6.33. The summed E-state index contributed by atoms with van der Waals surface area (Å²) in [4.78, 5) is 26.8. The molecule has 0 heterocycles. The lowest BCUT2D eigenvalue weighted by Crippen LogP contribution is -2.42. The molecular weight excluding hydrogens is 408 g/mol. The molecule has 0 aromatic heterocycles. The lowest BCUT2D eigenvalue weighted by atomic mass is 9.85. The van der Waals surface area contributed by atoms with E-state index in [9.17, 15) is 9.59 Å². The van der Waals surface area contributed by atoms with Crippen LogP contribution in [0, 0.1) is 5.92 Å². The molecule has 1 N–H and O–H groups in total. The first-order valence-corrected chi connectivity index (χ1v) is 11.4. The van der Waals surface area contributed by atoms with Gasteiger partial charge in [0.05, 0.1) is 5.02 Å². The van der Waals surface area contributed by atoms with Crippen LogP contribution in [0.15, 0.2) is 48.5 Å². The molecule has 2 aromatic carbocycles. The van der Waals surface area contributed by atoms with Gasteiger partial charge in [0.25, 0.3) is 0 Å². The van der Waals surface area contributed by atoms with Crippen molar-refractivity contribution in [2.45, 2.75) is 52.0 Å². The van der Waals surface area contributed by atoms with Crippen LogP contribution in [-0.4, -0.2) is 43.3 Å². The molecule has 168 valence electrons. The number of nitrogens with zero attached hydrogens (tertiary/aromatic N) is 1. The Morgan fingerprint density at radius 2 is 1.74 bits per heavy atom. The first-order valence-electron chi connectivity index (χ1n) is 11.0. The normalized spacial score (nSPS) is 13.3. The summed E-state index contributed by atoms with van der Waals surface area (Å²) < 4.78 is 0. The second-order valence-electron chi connectivity index (χ2n) is 8.68. The molecule has 0 fully saturated rings. The first kappa shape index (κ1) is 25.1. The lowest BCUT2D eigenvalue weighted by Gasteiger charge is -2.26. The molecule has 4 nitrogen and oxygen atoms in total. The molecule has 1 amide bonds. The molecule has 2 rings (SSSR count). The number of carbonyl (C=O) groups excluding carboxylic acids is 2. The van der Waals surface area contributed by atoms with Gasteiger partial charge in [-0.15, -0.1) is 0 Å². The Morgan fingerprint density at radius 1 is 1.06 bits per heavy atom. The highest BCUT2D eigenvalue weighted by Gasteiger charge is 2.21. The van der Waals surface area contributed by atoms with E-state index < -0.39 is 0 Å². The summed E-state index contributed by atoms with van der Waals surface area (Å²) in [7, 11) is 4.02. The molecule has 0 saturated carbocycles. The average Bonchev–Trinajstić information content (AvgIpc) is 2.74. The largest absolute Gasteiger partial charge is 0.355 e. The molecule has 2 atom stereocenters. The molecule has 0 aliphatic heterocycles. The number of ketones is 1. The quantitative estimate of drug-likeness (QED) is 0.477. The van der Waals surface area contributed by atoms with E-state index in [-0.39, 0.29) is 23.7 Å². The minimum Gasteiger partial charge on any atom is -0.355 e. The van der Waals surface area contributed by atoms with Crippen LogP contribution < -0.4 is 5.32 Å². The smallest absolute Gasteiger partial charge is 0.220 e. The number of likely N-dealkylation sites (N-methyl/N-ethyl adjacent to an activating group) is 1. The Balaban J connectivity index is 1.99. The maximum absolute atomic E-state index is 12.7. The van der Waals surface area contributed by atoms with Crippen molar-refractivity contribution in [3.63, 3.8) is 0 Å². The molecule has 0 spiro atoms. The van der Waals surface area contributed by atoms with Gasteiger partial charge in [-0.3, -0.25) is 9.59 Å². The van der Waals surface area contributed by atoms with E-state index in [1.807, 2.05) is 57.4 Å². The second-order valence-corrected chi connectivity index (χ2v) is 9.09. The van der Waals surface area contributed by atoms with Gasteiger partial charge in [0.1, 0.15) is 0 Å².